The molecule has 0 bridgehead atoms. The number of thioether (sulfide) groups is 1. The van der Waals surface area contributed by atoms with Gasteiger partial charge >= 0.3 is 5.97 Å². The largest absolute Gasteiger partial charge is 0.480 e. The molecule has 0 aromatic heterocycles. The number of hydrogen-bond acceptors (Lipinski definition) is 5. The van der Waals surface area contributed by atoms with Crippen LogP contribution in [0.5, 0.6) is 0 Å². The van der Waals surface area contributed by atoms with E-state index in [9.17, 15) is 24.3 Å². The summed E-state index contributed by atoms with van der Waals surface area (Å²) in [7, 11) is 0. The maximum absolute atomic E-state index is 12.5. The van der Waals surface area contributed by atoms with Crippen LogP contribution >= 0.6 is 11.8 Å². The minimum Gasteiger partial charge on any atom is -0.480 e. The molecular formula is C18H21N3O5S. The molecule has 3 N–H and O–H groups in total. The number of carbonyl (C=O) groups is 4. The molecule has 0 saturated carbocycles. The van der Waals surface area contributed by atoms with E-state index in [1.165, 1.54) is 23.6 Å². The molecule has 8 nitrogen and oxygen atoms in total. The fourth-order valence-corrected chi connectivity index (χ4v) is 5.32. The second-order valence-electron chi connectivity index (χ2n) is 6.87. The smallest absolute Gasteiger partial charge is 0.328 e. The average Bonchev–Trinajstić information content (AvgIpc) is 2.83. The van der Waals surface area contributed by atoms with Crippen molar-refractivity contribution in [2.24, 2.45) is 0 Å². The van der Waals surface area contributed by atoms with Gasteiger partial charge in [-0.15, -0.1) is 11.8 Å². The molecule has 2 heterocycles. The summed E-state index contributed by atoms with van der Waals surface area (Å²) in [4.78, 5) is 49.3. The van der Waals surface area contributed by atoms with Gasteiger partial charge in [-0.1, -0.05) is 30.3 Å². The van der Waals surface area contributed by atoms with Crippen LogP contribution in [0.1, 0.15) is 25.8 Å². The molecule has 1 aromatic carbocycles. The van der Waals surface area contributed by atoms with Gasteiger partial charge in [-0.3, -0.25) is 14.4 Å². The first-order chi connectivity index (χ1) is 12.7. The van der Waals surface area contributed by atoms with E-state index in [4.69, 9.17) is 0 Å². The number of hydrogen-bond donors (Lipinski definition) is 3. The zero-order chi connectivity index (χ0) is 19.8. The second kappa shape index (κ2) is 7.22. The fourth-order valence-electron chi connectivity index (χ4n) is 3.55. The van der Waals surface area contributed by atoms with Gasteiger partial charge in [0.2, 0.25) is 17.7 Å². The molecule has 0 radical (unpaired) electrons. The second-order valence-corrected chi connectivity index (χ2v) is 8.53. The van der Waals surface area contributed by atoms with Crippen molar-refractivity contribution < 1.29 is 24.3 Å². The van der Waals surface area contributed by atoms with Crippen molar-refractivity contribution in [3.05, 3.63) is 35.9 Å². The third-order valence-corrected chi connectivity index (χ3v) is 6.46. The summed E-state index contributed by atoms with van der Waals surface area (Å²) >= 11 is 1.30. The molecule has 1 aromatic rings. The summed E-state index contributed by atoms with van der Waals surface area (Å²) in [6.07, 6.45) is -0.577. The summed E-state index contributed by atoms with van der Waals surface area (Å²) in [6, 6.07) is 7.96. The zero-order valence-electron chi connectivity index (χ0n) is 15.0. The van der Waals surface area contributed by atoms with Gasteiger partial charge in [-0.05, 0) is 12.5 Å². The third kappa shape index (κ3) is 3.64. The number of β-lactam (4-membered cyclic amide) rings is 1. The van der Waals surface area contributed by atoms with Gasteiger partial charge in [0, 0.05) is 6.92 Å². The van der Waals surface area contributed by atoms with Gasteiger partial charge in [0.1, 0.15) is 12.2 Å². The van der Waals surface area contributed by atoms with Crippen LogP contribution in [0, 0.1) is 0 Å². The van der Waals surface area contributed by atoms with Crippen LogP contribution in [0.25, 0.3) is 0 Å². The third-order valence-electron chi connectivity index (χ3n) is 4.83. The maximum atomic E-state index is 12.5. The minimum absolute atomic E-state index is 0.0987. The Morgan fingerprint density at radius 1 is 1.30 bits per heavy atom. The molecule has 3 amide bonds. The van der Waals surface area contributed by atoms with Gasteiger partial charge in [-0.25, -0.2) is 4.79 Å². The Bertz CT molecular complexity index is 786. The molecule has 27 heavy (non-hydrogen) atoms. The molecule has 2 saturated heterocycles. The van der Waals surface area contributed by atoms with Crippen LogP contribution in [-0.4, -0.2) is 56.0 Å². The number of rotatable bonds is 6. The highest BCUT2D eigenvalue weighted by molar-refractivity contribution is 8.01. The summed E-state index contributed by atoms with van der Waals surface area (Å²) in [5.41, 5.74) is 0.801. The van der Waals surface area contributed by atoms with E-state index in [1.54, 1.807) is 6.92 Å². The Hall–Kier alpha value is -2.55. The van der Waals surface area contributed by atoms with E-state index in [1.807, 2.05) is 30.3 Å². The normalized spacial score (nSPS) is 27.3. The van der Waals surface area contributed by atoms with Crippen LogP contribution in [0.2, 0.25) is 0 Å². The first kappa shape index (κ1) is 19.2. The molecule has 2 fully saturated rings. The predicted molar refractivity (Wildman–Crippen MR) is 98.6 cm³/mol. The first-order valence-corrected chi connectivity index (χ1v) is 9.42. The van der Waals surface area contributed by atoms with Crippen LogP contribution in [-0.2, 0) is 25.6 Å². The van der Waals surface area contributed by atoms with Crippen LogP contribution in [0.15, 0.2) is 30.3 Å². The van der Waals surface area contributed by atoms with E-state index in [0.29, 0.717) is 0 Å². The Morgan fingerprint density at radius 2 is 1.96 bits per heavy atom. The van der Waals surface area contributed by atoms with Crippen molar-refractivity contribution in [2.75, 3.05) is 0 Å². The molecule has 4 atom stereocenters. The minimum atomic E-state index is -1.16. The molecule has 0 spiro atoms. The van der Waals surface area contributed by atoms with Crippen molar-refractivity contribution in [1.82, 2.24) is 15.5 Å². The highest BCUT2D eigenvalue weighted by Gasteiger charge is 2.63. The van der Waals surface area contributed by atoms with E-state index in [-0.39, 0.29) is 30.0 Å². The predicted octanol–water partition coefficient (Wildman–Crippen LogP) is 0.325. The molecule has 0 aliphatic carbocycles. The van der Waals surface area contributed by atoms with Gasteiger partial charge < -0.3 is 20.6 Å². The van der Waals surface area contributed by atoms with E-state index in [0.717, 1.165) is 5.56 Å². The molecule has 2 aliphatic heterocycles. The van der Waals surface area contributed by atoms with Crippen molar-refractivity contribution in [3.63, 3.8) is 0 Å². The summed E-state index contributed by atoms with van der Waals surface area (Å²) in [5, 5.41) is 14.9. The summed E-state index contributed by atoms with van der Waals surface area (Å²) < 4.78 is -1.10. The van der Waals surface area contributed by atoms with Crippen molar-refractivity contribution in [3.8, 4) is 0 Å². The van der Waals surface area contributed by atoms with E-state index in [2.05, 4.69) is 10.6 Å². The van der Waals surface area contributed by atoms with Gasteiger partial charge in [0.15, 0.2) is 0 Å². The number of amides is 3. The van der Waals surface area contributed by atoms with Gasteiger partial charge in [-0.2, -0.15) is 0 Å². The van der Waals surface area contributed by atoms with Crippen molar-refractivity contribution in [2.45, 2.75) is 49.0 Å². The quantitative estimate of drug-likeness (QED) is 0.475. The molecule has 9 heteroatoms. The molecular weight excluding hydrogens is 370 g/mol. The Kier molecular flexibility index (Phi) is 5.14. The van der Waals surface area contributed by atoms with Crippen LogP contribution in [0.3, 0.4) is 0 Å². The lowest BCUT2D eigenvalue weighted by Crippen LogP contribution is -2.66. The number of carboxylic acids is 1. The molecule has 2 unspecified atom stereocenters. The van der Waals surface area contributed by atoms with E-state index < -0.39 is 28.8 Å². The van der Waals surface area contributed by atoms with Gasteiger partial charge in [0.05, 0.1) is 23.0 Å². The lowest BCUT2D eigenvalue weighted by atomic mass is 9.93. The van der Waals surface area contributed by atoms with Crippen molar-refractivity contribution >= 4 is 35.5 Å². The average molecular weight is 391 g/mol. The van der Waals surface area contributed by atoms with Gasteiger partial charge in [0.25, 0.3) is 0 Å². The SMILES string of the molecule is CC(=O)NC(NC(=O)Cc1ccccc1)C1(C)S[C@@H]2CC(=O)N2[C@H]1C(=O)O. The van der Waals surface area contributed by atoms with Crippen LogP contribution in [0.4, 0.5) is 0 Å². The number of benzene rings is 1. The number of fused-ring (bicyclic) bond motifs is 1. The monoisotopic (exact) mass is 391 g/mol. The Balaban J connectivity index is 1.83. The zero-order valence-corrected chi connectivity index (χ0v) is 15.8. The molecule has 3 rings (SSSR count). The maximum Gasteiger partial charge on any atom is 0.328 e. The van der Waals surface area contributed by atoms with E-state index >= 15 is 0 Å². The summed E-state index contributed by atoms with van der Waals surface area (Å²) in [5.74, 6) is -2.13. The lowest BCUT2D eigenvalue weighted by molar-refractivity contribution is -0.158. The number of aliphatic carboxylic acids is 1. The number of nitrogens with one attached hydrogen (secondary N) is 2. The van der Waals surface area contributed by atoms with Crippen LogP contribution < -0.4 is 10.6 Å². The number of carboxylic acid groups (broad SMARTS) is 1. The van der Waals surface area contributed by atoms with Crippen molar-refractivity contribution in [1.29, 1.82) is 0 Å². The fraction of sp³-hybridized carbons (Fsp3) is 0.444. The Labute approximate surface area is 160 Å². The number of nitrogens with zero attached hydrogens (tertiary/aromatic N) is 1. The highest BCUT2D eigenvalue weighted by Crippen LogP contribution is 2.52. The standard InChI is InChI=1S/C18H21N3O5S/c1-10(22)19-17(20-12(23)8-11-6-4-3-5-7-11)18(2)15(16(25)26)21-13(24)9-14(21)27-18/h3-7,14-15,17H,8-9H2,1-2H3,(H,19,22)(H,20,23)(H,25,26)/t14-,15+,17?,18?/m1/s1. The molecule has 144 valence electrons. The Morgan fingerprint density at radius 3 is 2.52 bits per heavy atom. The first-order valence-electron chi connectivity index (χ1n) is 8.54. The summed E-state index contributed by atoms with van der Waals surface area (Å²) in [6.45, 7) is 2.96. The molecule has 2 aliphatic rings. The lowest BCUT2D eigenvalue weighted by Gasteiger charge is -2.39. The highest BCUT2D eigenvalue weighted by atomic mass is 32.2. The number of carbonyl (C=O) groups excluding carboxylic acids is 3. The topological polar surface area (TPSA) is 116 Å².